The summed E-state index contributed by atoms with van der Waals surface area (Å²) in [6.07, 6.45) is 3.80. The van der Waals surface area contributed by atoms with Crippen LogP contribution in [0.5, 0.6) is 0 Å². The lowest BCUT2D eigenvalue weighted by molar-refractivity contribution is -0.0656. The molecule has 0 spiro atoms. The predicted molar refractivity (Wildman–Crippen MR) is 48.1 cm³/mol. The maximum atomic E-state index is 5.63. The SMILES string of the molecule is C[C@@H]1C[C@H](OCCCN)CCO1. The van der Waals surface area contributed by atoms with Crippen molar-refractivity contribution in [3.8, 4) is 0 Å². The molecule has 2 atom stereocenters. The van der Waals surface area contributed by atoms with Gasteiger partial charge in [-0.2, -0.15) is 0 Å². The number of hydrogen-bond donors (Lipinski definition) is 1. The zero-order valence-electron chi connectivity index (χ0n) is 7.79. The molecule has 1 rings (SSSR count). The first kappa shape index (κ1) is 9.96. The van der Waals surface area contributed by atoms with E-state index in [0.717, 1.165) is 39.0 Å². The summed E-state index contributed by atoms with van der Waals surface area (Å²) < 4.78 is 11.0. The van der Waals surface area contributed by atoms with E-state index in [9.17, 15) is 0 Å². The van der Waals surface area contributed by atoms with Gasteiger partial charge in [0.05, 0.1) is 12.2 Å². The van der Waals surface area contributed by atoms with Crippen molar-refractivity contribution in [3.05, 3.63) is 0 Å². The molecule has 0 aliphatic carbocycles. The topological polar surface area (TPSA) is 44.5 Å². The third-order valence-corrected chi connectivity index (χ3v) is 2.14. The number of nitrogens with two attached hydrogens (primary N) is 1. The molecule has 72 valence electrons. The van der Waals surface area contributed by atoms with Gasteiger partial charge in [0.1, 0.15) is 0 Å². The highest BCUT2D eigenvalue weighted by Crippen LogP contribution is 2.16. The molecule has 3 heteroatoms. The first-order valence-electron chi connectivity index (χ1n) is 4.76. The van der Waals surface area contributed by atoms with Gasteiger partial charge in [0.25, 0.3) is 0 Å². The Bertz CT molecular complexity index is 119. The highest BCUT2D eigenvalue weighted by molar-refractivity contribution is 4.68. The summed E-state index contributed by atoms with van der Waals surface area (Å²) in [5, 5.41) is 0. The molecule has 0 saturated carbocycles. The quantitative estimate of drug-likeness (QED) is 0.643. The Morgan fingerprint density at radius 3 is 3.08 bits per heavy atom. The Kier molecular flexibility index (Phi) is 4.58. The van der Waals surface area contributed by atoms with E-state index in [-0.39, 0.29) is 0 Å². The van der Waals surface area contributed by atoms with Crippen molar-refractivity contribution in [1.29, 1.82) is 0 Å². The van der Waals surface area contributed by atoms with Gasteiger partial charge in [-0.1, -0.05) is 0 Å². The Balaban J connectivity index is 2.06. The summed E-state index contributed by atoms with van der Waals surface area (Å²) in [5.74, 6) is 0. The zero-order valence-corrected chi connectivity index (χ0v) is 7.79. The molecule has 1 aliphatic heterocycles. The summed E-state index contributed by atoms with van der Waals surface area (Å²) >= 11 is 0. The maximum Gasteiger partial charge on any atom is 0.0621 e. The number of hydrogen-bond acceptors (Lipinski definition) is 3. The van der Waals surface area contributed by atoms with Gasteiger partial charge in [-0.05, 0) is 32.7 Å². The van der Waals surface area contributed by atoms with Gasteiger partial charge in [0.2, 0.25) is 0 Å². The van der Waals surface area contributed by atoms with Crippen LogP contribution in [0.4, 0.5) is 0 Å². The Morgan fingerprint density at radius 1 is 1.58 bits per heavy atom. The minimum atomic E-state index is 0.363. The average molecular weight is 173 g/mol. The molecule has 1 aliphatic rings. The van der Waals surface area contributed by atoms with Gasteiger partial charge in [-0.15, -0.1) is 0 Å². The smallest absolute Gasteiger partial charge is 0.0621 e. The van der Waals surface area contributed by atoms with E-state index in [0.29, 0.717) is 12.2 Å². The van der Waals surface area contributed by atoms with Crippen LogP contribution in [-0.2, 0) is 9.47 Å². The average Bonchev–Trinajstić information content (AvgIpc) is 2.05. The van der Waals surface area contributed by atoms with Gasteiger partial charge < -0.3 is 15.2 Å². The van der Waals surface area contributed by atoms with E-state index in [1.807, 2.05) is 0 Å². The predicted octanol–water partition coefficient (Wildman–Crippen LogP) is 0.919. The first-order chi connectivity index (χ1) is 5.83. The van der Waals surface area contributed by atoms with Gasteiger partial charge >= 0.3 is 0 Å². The van der Waals surface area contributed by atoms with E-state index >= 15 is 0 Å². The number of rotatable bonds is 4. The molecule has 1 heterocycles. The fraction of sp³-hybridized carbons (Fsp3) is 1.00. The lowest BCUT2D eigenvalue weighted by Gasteiger charge is -2.27. The highest BCUT2D eigenvalue weighted by atomic mass is 16.5. The molecule has 1 saturated heterocycles. The Hall–Kier alpha value is -0.120. The van der Waals surface area contributed by atoms with E-state index in [4.69, 9.17) is 15.2 Å². The van der Waals surface area contributed by atoms with Crippen LogP contribution in [0.2, 0.25) is 0 Å². The third kappa shape index (κ3) is 3.52. The standard InChI is InChI=1S/C9H19NO2/c1-8-7-9(3-6-11-8)12-5-2-4-10/h8-9H,2-7,10H2,1H3/t8-,9-/m1/s1. The van der Waals surface area contributed by atoms with Crippen LogP contribution in [0.3, 0.4) is 0 Å². The normalized spacial score (nSPS) is 30.5. The van der Waals surface area contributed by atoms with Crippen LogP contribution < -0.4 is 5.73 Å². The van der Waals surface area contributed by atoms with Crippen molar-refractivity contribution < 1.29 is 9.47 Å². The van der Waals surface area contributed by atoms with E-state index in [1.54, 1.807) is 0 Å². The van der Waals surface area contributed by atoms with Crippen molar-refractivity contribution >= 4 is 0 Å². The molecule has 12 heavy (non-hydrogen) atoms. The van der Waals surface area contributed by atoms with Crippen LogP contribution in [0, 0.1) is 0 Å². The minimum absolute atomic E-state index is 0.363. The van der Waals surface area contributed by atoms with Crippen molar-refractivity contribution in [2.75, 3.05) is 19.8 Å². The van der Waals surface area contributed by atoms with Gasteiger partial charge in [0.15, 0.2) is 0 Å². The third-order valence-electron chi connectivity index (χ3n) is 2.14. The lowest BCUT2D eigenvalue weighted by atomic mass is 10.1. The summed E-state index contributed by atoms with van der Waals surface area (Å²) in [6, 6.07) is 0. The summed E-state index contributed by atoms with van der Waals surface area (Å²) in [6.45, 7) is 4.46. The molecular formula is C9H19NO2. The second kappa shape index (κ2) is 5.51. The van der Waals surface area contributed by atoms with Crippen LogP contribution in [0.15, 0.2) is 0 Å². The molecule has 0 aromatic rings. The molecule has 0 aromatic heterocycles. The van der Waals surface area contributed by atoms with Crippen molar-refractivity contribution in [1.82, 2.24) is 0 Å². The van der Waals surface area contributed by atoms with Crippen molar-refractivity contribution in [2.45, 2.75) is 38.4 Å². The summed E-state index contributed by atoms with van der Waals surface area (Å²) in [7, 11) is 0. The van der Waals surface area contributed by atoms with Gasteiger partial charge in [0, 0.05) is 13.2 Å². The second-order valence-electron chi connectivity index (χ2n) is 3.34. The molecule has 0 radical (unpaired) electrons. The zero-order chi connectivity index (χ0) is 8.81. The monoisotopic (exact) mass is 173 g/mol. The van der Waals surface area contributed by atoms with Gasteiger partial charge in [-0.25, -0.2) is 0 Å². The van der Waals surface area contributed by atoms with Crippen molar-refractivity contribution in [2.24, 2.45) is 5.73 Å². The highest BCUT2D eigenvalue weighted by Gasteiger charge is 2.19. The first-order valence-corrected chi connectivity index (χ1v) is 4.76. The fourth-order valence-electron chi connectivity index (χ4n) is 1.44. The fourth-order valence-corrected chi connectivity index (χ4v) is 1.44. The Labute approximate surface area is 74.2 Å². The largest absolute Gasteiger partial charge is 0.378 e. The molecular weight excluding hydrogens is 154 g/mol. The van der Waals surface area contributed by atoms with E-state index < -0.39 is 0 Å². The van der Waals surface area contributed by atoms with Crippen LogP contribution in [0.1, 0.15) is 26.2 Å². The molecule has 2 N–H and O–H groups in total. The van der Waals surface area contributed by atoms with Crippen molar-refractivity contribution in [3.63, 3.8) is 0 Å². The van der Waals surface area contributed by atoms with Gasteiger partial charge in [-0.3, -0.25) is 0 Å². The van der Waals surface area contributed by atoms with Crippen LogP contribution >= 0.6 is 0 Å². The molecule has 1 fully saturated rings. The molecule has 0 amide bonds. The molecule has 0 bridgehead atoms. The second-order valence-corrected chi connectivity index (χ2v) is 3.34. The minimum Gasteiger partial charge on any atom is -0.378 e. The van der Waals surface area contributed by atoms with E-state index in [2.05, 4.69) is 6.92 Å². The van der Waals surface area contributed by atoms with Crippen LogP contribution in [-0.4, -0.2) is 32.0 Å². The maximum absolute atomic E-state index is 5.63. The van der Waals surface area contributed by atoms with E-state index in [1.165, 1.54) is 0 Å². The summed E-state index contributed by atoms with van der Waals surface area (Å²) in [5.41, 5.74) is 5.37. The number of ether oxygens (including phenoxy) is 2. The Morgan fingerprint density at radius 2 is 2.42 bits per heavy atom. The molecule has 0 unspecified atom stereocenters. The summed E-state index contributed by atoms with van der Waals surface area (Å²) in [4.78, 5) is 0. The van der Waals surface area contributed by atoms with Crippen LogP contribution in [0.25, 0.3) is 0 Å². The molecule has 3 nitrogen and oxygen atoms in total. The molecule has 0 aromatic carbocycles. The lowest BCUT2D eigenvalue weighted by Crippen LogP contribution is -2.29.